The summed E-state index contributed by atoms with van der Waals surface area (Å²) in [6, 6.07) is 5.75. The summed E-state index contributed by atoms with van der Waals surface area (Å²) >= 11 is 0. The van der Waals surface area contributed by atoms with Crippen molar-refractivity contribution < 1.29 is 18.0 Å². The standard InChI is InChI=1S/C11H14F3NO/c1-8-3-4-10(9(2)5-8)6-15-16-7-11(12,13)14/h3-5,15H,6-7H2,1-2H3. The second-order valence-electron chi connectivity index (χ2n) is 3.65. The Morgan fingerprint density at radius 3 is 2.50 bits per heavy atom. The summed E-state index contributed by atoms with van der Waals surface area (Å²) in [5, 5.41) is 0. The minimum absolute atomic E-state index is 0.266. The lowest BCUT2D eigenvalue weighted by molar-refractivity contribution is -0.190. The average Bonchev–Trinajstić information content (AvgIpc) is 2.13. The first kappa shape index (κ1) is 13.0. The highest BCUT2D eigenvalue weighted by Gasteiger charge is 2.27. The van der Waals surface area contributed by atoms with Gasteiger partial charge < -0.3 is 0 Å². The van der Waals surface area contributed by atoms with Gasteiger partial charge >= 0.3 is 6.18 Å². The summed E-state index contributed by atoms with van der Waals surface area (Å²) in [5.74, 6) is 0. The molecule has 0 saturated heterocycles. The molecule has 2 nitrogen and oxygen atoms in total. The zero-order chi connectivity index (χ0) is 12.2. The topological polar surface area (TPSA) is 21.3 Å². The van der Waals surface area contributed by atoms with E-state index in [1.165, 1.54) is 0 Å². The van der Waals surface area contributed by atoms with E-state index < -0.39 is 12.8 Å². The van der Waals surface area contributed by atoms with Crippen LogP contribution in [0.15, 0.2) is 18.2 Å². The number of hydrogen-bond donors (Lipinski definition) is 1. The third kappa shape index (κ3) is 4.63. The smallest absolute Gasteiger partial charge is 0.292 e. The molecule has 90 valence electrons. The van der Waals surface area contributed by atoms with Crippen LogP contribution in [-0.4, -0.2) is 12.8 Å². The van der Waals surface area contributed by atoms with Crippen molar-refractivity contribution in [2.75, 3.05) is 6.61 Å². The largest absolute Gasteiger partial charge is 0.413 e. The van der Waals surface area contributed by atoms with Crippen LogP contribution in [0.1, 0.15) is 16.7 Å². The summed E-state index contributed by atoms with van der Waals surface area (Å²) < 4.78 is 35.2. The van der Waals surface area contributed by atoms with Gasteiger partial charge in [-0.2, -0.15) is 18.7 Å². The highest BCUT2D eigenvalue weighted by Crippen LogP contribution is 2.14. The van der Waals surface area contributed by atoms with E-state index in [9.17, 15) is 13.2 Å². The van der Waals surface area contributed by atoms with Gasteiger partial charge in [0.1, 0.15) is 0 Å². The van der Waals surface area contributed by atoms with Crippen molar-refractivity contribution in [1.82, 2.24) is 5.48 Å². The quantitative estimate of drug-likeness (QED) is 0.637. The fourth-order valence-electron chi connectivity index (χ4n) is 1.31. The number of aryl methyl sites for hydroxylation is 2. The van der Waals surface area contributed by atoms with E-state index in [1.54, 1.807) is 0 Å². The summed E-state index contributed by atoms with van der Waals surface area (Å²) in [7, 11) is 0. The maximum Gasteiger partial charge on any atom is 0.413 e. The maximum atomic E-state index is 11.7. The van der Waals surface area contributed by atoms with Crippen molar-refractivity contribution in [1.29, 1.82) is 0 Å². The van der Waals surface area contributed by atoms with Gasteiger partial charge in [-0.3, -0.25) is 4.84 Å². The fraction of sp³-hybridized carbons (Fsp3) is 0.455. The van der Waals surface area contributed by atoms with Crippen LogP contribution in [0.2, 0.25) is 0 Å². The molecule has 0 aliphatic carbocycles. The van der Waals surface area contributed by atoms with Crippen LogP contribution < -0.4 is 5.48 Å². The second-order valence-corrected chi connectivity index (χ2v) is 3.65. The Hall–Kier alpha value is -1.07. The van der Waals surface area contributed by atoms with Crippen molar-refractivity contribution in [2.24, 2.45) is 0 Å². The molecule has 0 amide bonds. The number of nitrogens with one attached hydrogen (secondary N) is 1. The van der Waals surface area contributed by atoms with Gasteiger partial charge in [-0.15, -0.1) is 0 Å². The Kier molecular flexibility index (Phi) is 4.32. The molecule has 0 atom stereocenters. The third-order valence-electron chi connectivity index (χ3n) is 2.10. The maximum absolute atomic E-state index is 11.7. The summed E-state index contributed by atoms with van der Waals surface area (Å²) in [5.41, 5.74) is 5.38. The minimum Gasteiger partial charge on any atom is -0.292 e. The van der Waals surface area contributed by atoms with Crippen molar-refractivity contribution in [3.63, 3.8) is 0 Å². The Labute approximate surface area is 92.4 Å². The van der Waals surface area contributed by atoms with Gasteiger partial charge in [-0.05, 0) is 25.0 Å². The molecule has 0 heterocycles. The van der Waals surface area contributed by atoms with Gasteiger partial charge in [0.25, 0.3) is 0 Å². The molecule has 0 aliphatic heterocycles. The van der Waals surface area contributed by atoms with E-state index in [2.05, 4.69) is 10.3 Å². The molecular weight excluding hydrogens is 219 g/mol. The molecule has 0 fully saturated rings. The Morgan fingerprint density at radius 1 is 1.25 bits per heavy atom. The van der Waals surface area contributed by atoms with Crippen LogP contribution in [0.3, 0.4) is 0 Å². The van der Waals surface area contributed by atoms with Gasteiger partial charge in [-0.1, -0.05) is 23.8 Å². The van der Waals surface area contributed by atoms with Gasteiger partial charge in [0, 0.05) is 6.54 Å². The number of hydroxylamine groups is 1. The van der Waals surface area contributed by atoms with Crippen molar-refractivity contribution in [3.05, 3.63) is 34.9 Å². The van der Waals surface area contributed by atoms with Crippen LogP contribution >= 0.6 is 0 Å². The lowest BCUT2D eigenvalue weighted by Gasteiger charge is -2.10. The lowest BCUT2D eigenvalue weighted by Crippen LogP contribution is -2.24. The Morgan fingerprint density at radius 2 is 1.94 bits per heavy atom. The van der Waals surface area contributed by atoms with E-state index >= 15 is 0 Å². The van der Waals surface area contributed by atoms with Crippen LogP contribution in [0.5, 0.6) is 0 Å². The van der Waals surface area contributed by atoms with Gasteiger partial charge in [0.05, 0.1) is 0 Å². The molecule has 1 rings (SSSR count). The summed E-state index contributed by atoms with van der Waals surface area (Å²) in [6.45, 7) is 2.86. The molecule has 0 radical (unpaired) electrons. The first-order valence-electron chi connectivity index (χ1n) is 4.86. The van der Waals surface area contributed by atoms with Gasteiger partial charge in [0.2, 0.25) is 0 Å². The second kappa shape index (κ2) is 5.32. The Balaban J connectivity index is 2.38. The van der Waals surface area contributed by atoms with E-state index in [1.807, 2.05) is 32.0 Å². The van der Waals surface area contributed by atoms with E-state index in [0.717, 1.165) is 16.7 Å². The van der Waals surface area contributed by atoms with Crippen LogP contribution in [0, 0.1) is 13.8 Å². The zero-order valence-corrected chi connectivity index (χ0v) is 9.19. The Bertz CT molecular complexity index is 350. The molecular formula is C11H14F3NO. The lowest BCUT2D eigenvalue weighted by atomic mass is 10.1. The predicted molar refractivity (Wildman–Crippen MR) is 54.8 cm³/mol. The molecule has 5 heteroatoms. The predicted octanol–water partition coefficient (Wildman–Crippen LogP) is 2.89. The highest BCUT2D eigenvalue weighted by molar-refractivity contribution is 5.30. The molecule has 0 aliphatic rings. The first-order valence-corrected chi connectivity index (χ1v) is 4.86. The van der Waals surface area contributed by atoms with Gasteiger partial charge in [0.15, 0.2) is 6.61 Å². The number of hydrogen-bond acceptors (Lipinski definition) is 2. The minimum atomic E-state index is -4.30. The molecule has 0 bridgehead atoms. The summed E-state index contributed by atoms with van der Waals surface area (Å²) in [6.07, 6.45) is -4.30. The zero-order valence-electron chi connectivity index (χ0n) is 9.19. The van der Waals surface area contributed by atoms with Crippen LogP contribution in [0.4, 0.5) is 13.2 Å². The van der Waals surface area contributed by atoms with Crippen LogP contribution in [0.25, 0.3) is 0 Å². The van der Waals surface area contributed by atoms with E-state index in [0.29, 0.717) is 0 Å². The number of rotatable bonds is 4. The van der Waals surface area contributed by atoms with Crippen molar-refractivity contribution in [2.45, 2.75) is 26.6 Å². The first-order chi connectivity index (χ1) is 7.38. The molecule has 0 spiro atoms. The van der Waals surface area contributed by atoms with Gasteiger partial charge in [-0.25, -0.2) is 0 Å². The molecule has 0 saturated carbocycles. The molecule has 0 aromatic heterocycles. The number of halogens is 3. The molecule has 1 aromatic rings. The number of alkyl halides is 3. The normalized spacial score (nSPS) is 11.8. The van der Waals surface area contributed by atoms with Crippen molar-refractivity contribution in [3.8, 4) is 0 Å². The third-order valence-corrected chi connectivity index (χ3v) is 2.10. The fourth-order valence-corrected chi connectivity index (χ4v) is 1.31. The van der Waals surface area contributed by atoms with Crippen LogP contribution in [-0.2, 0) is 11.4 Å². The summed E-state index contributed by atoms with van der Waals surface area (Å²) in [4.78, 5) is 4.31. The molecule has 0 unspecified atom stereocenters. The van der Waals surface area contributed by atoms with Crippen molar-refractivity contribution >= 4 is 0 Å². The highest BCUT2D eigenvalue weighted by atomic mass is 19.4. The molecule has 1 N–H and O–H groups in total. The molecule has 1 aromatic carbocycles. The van der Waals surface area contributed by atoms with E-state index in [-0.39, 0.29) is 6.54 Å². The monoisotopic (exact) mass is 233 g/mol. The SMILES string of the molecule is Cc1ccc(CNOCC(F)(F)F)c(C)c1. The molecule has 16 heavy (non-hydrogen) atoms. The average molecular weight is 233 g/mol. The van der Waals surface area contributed by atoms with E-state index in [4.69, 9.17) is 0 Å². The number of benzene rings is 1.